The molecule has 2 N–H and O–H groups in total. The summed E-state index contributed by atoms with van der Waals surface area (Å²) in [6.45, 7) is 3.17. The number of aryl methyl sites for hydroxylation is 1. The third kappa shape index (κ3) is 2.05. The smallest absolute Gasteiger partial charge is 0.105 e. The van der Waals surface area contributed by atoms with Gasteiger partial charge in [0.15, 0.2) is 0 Å². The predicted molar refractivity (Wildman–Crippen MR) is 68.3 cm³/mol. The highest BCUT2D eigenvalue weighted by molar-refractivity contribution is 5.27. The molecule has 0 aromatic carbocycles. The zero-order chi connectivity index (χ0) is 12.6. The highest BCUT2D eigenvalue weighted by Gasteiger charge is 2.40. The van der Waals surface area contributed by atoms with E-state index in [1.54, 1.807) is 0 Å². The first-order valence-electron chi connectivity index (χ1n) is 6.70. The lowest BCUT2D eigenvalue weighted by molar-refractivity contribution is -0.0277. The third-order valence-electron chi connectivity index (χ3n) is 4.27. The summed E-state index contributed by atoms with van der Waals surface area (Å²) in [5, 5.41) is 13.9. The lowest BCUT2D eigenvalue weighted by Gasteiger charge is -2.28. The molecular weight excluding hydrogens is 228 g/mol. The normalized spacial score (nSPS) is 34.8. The largest absolute Gasteiger partial charge is 0.386 e. The van der Waals surface area contributed by atoms with Gasteiger partial charge in [-0.05, 0) is 31.4 Å². The lowest BCUT2D eigenvalue weighted by Crippen LogP contribution is -2.46. The fourth-order valence-electron chi connectivity index (χ4n) is 2.91. The van der Waals surface area contributed by atoms with Crippen LogP contribution in [0.2, 0.25) is 0 Å². The number of ether oxygens (including phenoxy) is 1. The first-order chi connectivity index (χ1) is 8.69. The van der Waals surface area contributed by atoms with E-state index in [4.69, 9.17) is 4.74 Å². The van der Waals surface area contributed by atoms with Gasteiger partial charge in [-0.1, -0.05) is 6.07 Å². The molecule has 1 saturated heterocycles. The summed E-state index contributed by atoms with van der Waals surface area (Å²) in [4.78, 5) is 4.45. The van der Waals surface area contributed by atoms with Crippen molar-refractivity contribution in [3.8, 4) is 0 Å². The van der Waals surface area contributed by atoms with E-state index in [2.05, 4.69) is 16.4 Å². The van der Waals surface area contributed by atoms with Crippen LogP contribution in [0.1, 0.15) is 37.1 Å². The Morgan fingerprint density at radius 3 is 3.28 bits per heavy atom. The summed E-state index contributed by atoms with van der Waals surface area (Å²) >= 11 is 0. The van der Waals surface area contributed by atoms with Crippen LogP contribution in [0, 0.1) is 0 Å². The standard InChI is InChI=1S/C14H20N2O2/c1-10-14(17,6-8-18-10)9-16-12-5-4-11-3-2-7-15-13(11)12/h2-3,7,10,12,16-17H,4-6,8-9H2,1H3. The average molecular weight is 248 g/mol. The van der Waals surface area contributed by atoms with Crippen LogP contribution in [0.4, 0.5) is 0 Å². The number of hydrogen-bond acceptors (Lipinski definition) is 4. The van der Waals surface area contributed by atoms with Crippen molar-refractivity contribution in [1.29, 1.82) is 0 Å². The minimum Gasteiger partial charge on any atom is -0.386 e. The molecule has 4 heteroatoms. The van der Waals surface area contributed by atoms with Gasteiger partial charge in [0.05, 0.1) is 17.8 Å². The Labute approximate surface area is 107 Å². The Balaban J connectivity index is 1.65. The molecular formula is C14H20N2O2. The van der Waals surface area contributed by atoms with Gasteiger partial charge in [0.1, 0.15) is 5.60 Å². The van der Waals surface area contributed by atoms with Crippen LogP contribution >= 0.6 is 0 Å². The second-order valence-corrected chi connectivity index (χ2v) is 5.39. The van der Waals surface area contributed by atoms with Gasteiger partial charge in [0.25, 0.3) is 0 Å². The fraction of sp³-hybridized carbons (Fsp3) is 0.643. The summed E-state index contributed by atoms with van der Waals surface area (Å²) in [5.41, 5.74) is 1.75. The van der Waals surface area contributed by atoms with Crippen LogP contribution in [0.25, 0.3) is 0 Å². The van der Waals surface area contributed by atoms with Crippen molar-refractivity contribution in [2.75, 3.05) is 13.2 Å². The molecule has 4 nitrogen and oxygen atoms in total. The molecule has 1 aromatic rings. The predicted octanol–water partition coefficient (Wildman–Crippen LogP) is 1.20. The molecule has 2 heterocycles. The van der Waals surface area contributed by atoms with Gasteiger partial charge in [-0.2, -0.15) is 0 Å². The van der Waals surface area contributed by atoms with Gasteiger partial charge >= 0.3 is 0 Å². The third-order valence-corrected chi connectivity index (χ3v) is 4.27. The zero-order valence-electron chi connectivity index (χ0n) is 10.7. The van der Waals surface area contributed by atoms with E-state index >= 15 is 0 Å². The van der Waals surface area contributed by atoms with E-state index in [0.29, 0.717) is 19.6 Å². The summed E-state index contributed by atoms with van der Waals surface area (Å²) in [6, 6.07) is 4.40. The Kier molecular flexibility index (Phi) is 3.09. The number of aliphatic hydroxyl groups is 1. The Morgan fingerprint density at radius 1 is 1.61 bits per heavy atom. The number of pyridine rings is 1. The van der Waals surface area contributed by atoms with Crippen molar-refractivity contribution in [3.63, 3.8) is 0 Å². The molecule has 3 unspecified atom stereocenters. The number of rotatable bonds is 3. The van der Waals surface area contributed by atoms with E-state index in [0.717, 1.165) is 18.5 Å². The van der Waals surface area contributed by atoms with Crippen LogP contribution in [0.3, 0.4) is 0 Å². The first kappa shape index (κ1) is 12.1. The molecule has 3 atom stereocenters. The van der Waals surface area contributed by atoms with Crippen molar-refractivity contribution in [3.05, 3.63) is 29.6 Å². The zero-order valence-corrected chi connectivity index (χ0v) is 10.7. The highest BCUT2D eigenvalue weighted by atomic mass is 16.5. The molecule has 1 aromatic heterocycles. The van der Waals surface area contributed by atoms with Gasteiger partial charge < -0.3 is 15.2 Å². The molecule has 3 rings (SSSR count). The molecule has 18 heavy (non-hydrogen) atoms. The molecule has 1 aliphatic heterocycles. The van der Waals surface area contributed by atoms with Crippen molar-refractivity contribution in [1.82, 2.24) is 10.3 Å². The number of hydrogen-bond donors (Lipinski definition) is 2. The molecule has 1 aliphatic carbocycles. The van der Waals surface area contributed by atoms with Crippen LogP contribution < -0.4 is 5.32 Å². The number of nitrogens with zero attached hydrogens (tertiary/aromatic N) is 1. The van der Waals surface area contributed by atoms with E-state index < -0.39 is 5.60 Å². The maximum absolute atomic E-state index is 10.5. The quantitative estimate of drug-likeness (QED) is 0.844. The Hall–Kier alpha value is -0.970. The summed E-state index contributed by atoms with van der Waals surface area (Å²) in [5.74, 6) is 0. The molecule has 0 radical (unpaired) electrons. The molecule has 0 amide bonds. The van der Waals surface area contributed by atoms with Crippen molar-refractivity contribution in [2.45, 2.75) is 43.9 Å². The Bertz CT molecular complexity index is 438. The molecule has 98 valence electrons. The second-order valence-electron chi connectivity index (χ2n) is 5.39. The topological polar surface area (TPSA) is 54.4 Å². The molecule has 0 bridgehead atoms. The van der Waals surface area contributed by atoms with E-state index in [-0.39, 0.29) is 12.1 Å². The summed E-state index contributed by atoms with van der Waals surface area (Å²) in [7, 11) is 0. The minimum absolute atomic E-state index is 0.0883. The van der Waals surface area contributed by atoms with Gasteiger partial charge in [-0.25, -0.2) is 0 Å². The van der Waals surface area contributed by atoms with Crippen LogP contribution in [-0.2, 0) is 11.2 Å². The first-order valence-corrected chi connectivity index (χ1v) is 6.70. The lowest BCUT2D eigenvalue weighted by atomic mass is 9.96. The maximum atomic E-state index is 10.5. The van der Waals surface area contributed by atoms with Crippen LogP contribution in [0.5, 0.6) is 0 Å². The molecule has 0 saturated carbocycles. The average Bonchev–Trinajstić information content (AvgIpc) is 2.93. The summed E-state index contributed by atoms with van der Waals surface area (Å²) < 4.78 is 5.45. The Morgan fingerprint density at radius 2 is 2.50 bits per heavy atom. The van der Waals surface area contributed by atoms with Crippen molar-refractivity contribution >= 4 is 0 Å². The minimum atomic E-state index is -0.725. The van der Waals surface area contributed by atoms with Crippen LogP contribution in [-0.4, -0.2) is 34.9 Å². The fourth-order valence-corrected chi connectivity index (χ4v) is 2.91. The molecule has 2 aliphatic rings. The monoisotopic (exact) mass is 248 g/mol. The number of nitrogens with one attached hydrogen (secondary N) is 1. The van der Waals surface area contributed by atoms with Gasteiger partial charge in [0.2, 0.25) is 0 Å². The van der Waals surface area contributed by atoms with Gasteiger partial charge in [-0.3, -0.25) is 4.98 Å². The SMILES string of the molecule is CC1OCCC1(O)CNC1CCc2cccnc21. The van der Waals surface area contributed by atoms with Crippen molar-refractivity contribution in [2.24, 2.45) is 0 Å². The molecule has 0 spiro atoms. The van der Waals surface area contributed by atoms with E-state index in [1.807, 2.05) is 19.2 Å². The number of aromatic nitrogens is 1. The van der Waals surface area contributed by atoms with Gasteiger partial charge in [-0.15, -0.1) is 0 Å². The van der Waals surface area contributed by atoms with E-state index in [9.17, 15) is 5.11 Å². The van der Waals surface area contributed by atoms with Crippen molar-refractivity contribution < 1.29 is 9.84 Å². The second kappa shape index (κ2) is 4.61. The maximum Gasteiger partial charge on any atom is 0.105 e. The highest BCUT2D eigenvalue weighted by Crippen LogP contribution is 2.31. The van der Waals surface area contributed by atoms with Gasteiger partial charge in [0, 0.05) is 25.8 Å². The van der Waals surface area contributed by atoms with Crippen LogP contribution in [0.15, 0.2) is 18.3 Å². The molecule has 1 fully saturated rings. The summed E-state index contributed by atoms with van der Waals surface area (Å²) in [6.07, 6.45) is 4.61. The number of fused-ring (bicyclic) bond motifs is 1. The van der Waals surface area contributed by atoms with E-state index in [1.165, 1.54) is 5.56 Å².